The molecular weight excluding hydrogens is 352 g/mol. The lowest BCUT2D eigenvalue weighted by atomic mass is 10.0. The molecule has 146 valence electrons. The fourth-order valence-electron chi connectivity index (χ4n) is 2.97. The molecule has 0 unspecified atom stereocenters. The van der Waals surface area contributed by atoms with Crippen LogP contribution in [0.3, 0.4) is 0 Å². The standard InChI is InChI=1S/C19H24N2O6/c1-4-27-19(25)15(20-14(18(23)24)10-17(22)26-3)9-12-11-21(2)16-8-6-5-7-13(12)16/h5-8,11,14-15,20H,4,9-10H2,1-3H3,(H,23,24)/t14-,15+/m0/s1. The molecule has 0 saturated carbocycles. The van der Waals surface area contributed by atoms with Crippen LogP contribution in [-0.4, -0.2) is 53.4 Å². The first-order valence-corrected chi connectivity index (χ1v) is 8.62. The fraction of sp³-hybridized carbons (Fsp3) is 0.421. The largest absolute Gasteiger partial charge is 0.480 e. The van der Waals surface area contributed by atoms with Gasteiger partial charge < -0.3 is 19.1 Å². The van der Waals surface area contributed by atoms with Crippen molar-refractivity contribution in [2.45, 2.75) is 31.8 Å². The van der Waals surface area contributed by atoms with Crippen LogP contribution in [0.4, 0.5) is 0 Å². The second kappa shape index (κ2) is 9.18. The Morgan fingerprint density at radius 1 is 1.22 bits per heavy atom. The van der Waals surface area contributed by atoms with Gasteiger partial charge in [0.15, 0.2) is 0 Å². The predicted molar refractivity (Wildman–Crippen MR) is 98.2 cm³/mol. The Kier molecular flexibility index (Phi) is 6.95. The van der Waals surface area contributed by atoms with Gasteiger partial charge in [-0.2, -0.15) is 0 Å². The molecule has 0 aliphatic rings. The minimum absolute atomic E-state index is 0.168. The zero-order valence-electron chi connectivity index (χ0n) is 15.6. The average molecular weight is 376 g/mol. The van der Waals surface area contributed by atoms with Gasteiger partial charge >= 0.3 is 17.9 Å². The molecule has 27 heavy (non-hydrogen) atoms. The van der Waals surface area contributed by atoms with Gasteiger partial charge in [-0.15, -0.1) is 0 Å². The van der Waals surface area contributed by atoms with E-state index in [1.807, 2.05) is 42.1 Å². The van der Waals surface area contributed by atoms with Gasteiger partial charge in [0.25, 0.3) is 0 Å². The van der Waals surface area contributed by atoms with Crippen molar-refractivity contribution in [1.82, 2.24) is 9.88 Å². The Labute approximate surface area is 157 Å². The van der Waals surface area contributed by atoms with Crippen LogP contribution >= 0.6 is 0 Å². The van der Waals surface area contributed by atoms with Gasteiger partial charge in [-0.25, -0.2) is 0 Å². The number of nitrogens with zero attached hydrogens (tertiary/aromatic N) is 1. The maximum absolute atomic E-state index is 12.4. The minimum Gasteiger partial charge on any atom is -0.480 e. The molecule has 1 heterocycles. The highest BCUT2D eigenvalue weighted by molar-refractivity contribution is 5.86. The molecule has 2 rings (SSSR count). The van der Waals surface area contributed by atoms with Gasteiger partial charge in [0, 0.05) is 30.6 Å². The number of hydrogen-bond donors (Lipinski definition) is 2. The summed E-state index contributed by atoms with van der Waals surface area (Å²) in [6.07, 6.45) is 1.73. The number of ether oxygens (including phenoxy) is 2. The van der Waals surface area contributed by atoms with Crippen molar-refractivity contribution in [2.24, 2.45) is 7.05 Å². The monoisotopic (exact) mass is 376 g/mol. The Bertz CT molecular complexity index is 829. The van der Waals surface area contributed by atoms with Gasteiger partial charge in [0.05, 0.1) is 20.1 Å². The molecule has 8 heteroatoms. The molecule has 0 aliphatic heterocycles. The highest BCUT2D eigenvalue weighted by Crippen LogP contribution is 2.22. The minimum atomic E-state index is -1.26. The molecule has 2 N–H and O–H groups in total. The van der Waals surface area contributed by atoms with Crippen LogP contribution < -0.4 is 5.32 Å². The van der Waals surface area contributed by atoms with Crippen molar-refractivity contribution in [3.05, 3.63) is 36.0 Å². The van der Waals surface area contributed by atoms with Crippen LogP contribution in [0.25, 0.3) is 10.9 Å². The summed E-state index contributed by atoms with van der Waals surface area (Å²) in [5, 5.41) is 13.1. The number of aryl methyl sites for hydroxylation is 1. The number of nitrogens with one attached hydrogen (secondary N) is 1. The maximum Gasteiger partial charge on any atom is 0.323 e. The number of fused-ring (bicyclic) bond motifs is 1. The number of benzene rings is 1. The third-order valence-electron chi connectivity index (χ3n) is 4.27. The van der Waals surface area contributed by atoms with E-state index < -0.39 is 36.4 Å². The first-order valence-electron chi connectivity index (χ1n) is 8.62. The van der Waals surface area contributed by atoms with E-state index in [-0.39, 0.29) is 13.0 Å². The number of carbonyl (C=O) groups is 3. The molecule has 2 atom stereocenters. The average Bonchev–Trinajstić information content (AvgIpc) is 2.96. The quantitative estimate of drug-likeness (QED) is 0.635. The second-order valence-electron chi connectivity index (χ2n) is 6.13. The second-order valence-corrected chi connectivity index (χ2v) is 6.13. The van der Waals surface area contributed by atoms with Crippen LogP contribution in [0.2, 0.25) is 0 Å². The molecule has 0 fully saturated rings. The van der Waals surface area contributed by atoms with E-state index in [2.05, 4.69) is 10.1 Å². The molecule has 0 amide bonds. The highest BCUT2D eigenvalue weighted by Gasteiger charge is 2.30. The number of hydrogen-bond acceptors (Lipinski definition) is 6. The number of esters is 2. The number of carbonyl (C=O) groups excluding carboxylic acids is 2. The summed E-state index contributed by atoms with van der Waals surface area (Å²) < 4.78 is 11.6. The molecule has 0 saturated heterocycles. The predicted octanol–water partition coefficient (Wildman–Crippen LogP) is 1.26. The van der Waals surface area contributed by atoms with E-state index in [1.54, 1.807) is 6.92 Å². The van der Waals surface area contributed by atoms with Gasteiger partial charge in [0.2, 0.25) is 0 Å². The van der Waals surface area contributed by atoms with Crippen molar-refractivity contribution in [2.75, 3.05) is 13.7 Å². The first-order chi connectivity index (χ1) is 12.9. The van der Waals surface area contributed by atoms with Gasteiger partial charge in [-0.3, -0.25) is 19.7 Å². The lowest BCUT2D eigenvalue weighted by molar-refractivity contribution is -0.150. The van der Waals surface area contributed by atoms with Crippen LogP contribution in [-0.2, 0) is 37.3 Å². The summed E-state index contributed by atoms with van der Waals surface area (Å²) in [4.78, 5) is 35.4. The Morgan fingerprint density at radius 2 is 1.93 bits per heavy atom. The fourth-order valence-corrected chi connectivity index (χ4v) is 2.97. The van der Waals surface area contributed by atoms with E-state index >= 15 is 0 Å². The van der Waals surface area contributed by atoms with E-state index in [9.17, 15) is 19.5 Å². The molecule has 0 radical (unpaired) electrons. The number of rotatable bonds is 9. The lowest BCUT2D eigenvalue weighted by Gasteiger charge is -2.21. The summed E-state index contributed by atoms with van der Waals surface area (Å²) in [7, 11) is 3.08. The van der Waals surface area contributed by atoms with Gasteiger partial charge in [-0.1, -0.05) is 18.2 Å². The highest BCUT2D eigenvalue weighted by atomic mass is 16.5. The maximum atomic E-state index is 12.4. The summed E-state index contributed by atoms with van der Waals surface area (Å²) in [5.41, 5.74) is 1.88. The molecule has 0 bridgehead atoms. The molecule has 8 nitrogen and oxygen atoms in total. The van der Waals surface area contributed by atoms with Crippen LogP contribution in [0.1, 0.15) is 18.9 Å². The van der Waals surface area contributed by atoms with Crippen LogP contribution in [0.5, 0.6) is 0 Å². The van der Waals surface area contributed by atoms with Crippen LogP contribution in [0, 0.1) is 0 Å². The number of methoxy groups -OCH3 is 1. The number of aliphatic carboxylic acids is 1. The third-order valence-corrected chi connectivity index (χ3v) is 4.27. The van der Waals surface area contributed by atoms with Crippen molar-refractivity contribution < 1.29 is 29.0 Å². The topological polar surface area (TPSA) is 107 Å². The number of para-hydroxylation sites is 1. The first kappa shape index (κ1) is 20.4. The Balaban J connectivity index is 2.29. The van der Waals surface area contributed by atoms with Crippen molar-refractivity contribution >= 4 is 28.8 Å². The van der Waals surface area contributed by atoms with Crippen LogP contribution in [0.15, 0.2) is 30.5 Å². The smallest absolute Gasteiger partial charge is 0.323 e. The SMILES string of the molecule is CCOC(=O)[C@@H](Cc1cn(C)c2ccccc12)N[C@@H](CC(=O)OC)C(=O)O. The lowest BCUT2D eigenvalue weighted by Crippen LogP contribution is -2.49. The summed E-state index contributed by atoms with van der Waals surface area (Å²) in [6, 6.07) is 5.54. The summed E-state index contributed by atoms with van der Waals surface area (Å²) in [5.74, 6) is -2.49. The number of carboxylic acids is 1. The Morgan fingerprint density at radius 3 is 2.56 bits per heavy atom. The van der Waals surface area contributed by atoms with Crippen molar-refractivity contribution in [3.63, 3.8) is 0 Å². The zero-order valence-corrected chi connectivity index (χ0v) is 15.6. The van der Waals surface area contributed by atoms with Gasteiger partial charge in [0.1, 0.15) is 12.1 Å². The van der Waals surface area contributed by atoms with E-state index in [4.69, 9.17) is 4.74 Å². The molecule has 2 aromatic rings. The van der Waals surface area contributed by atoms with E-state index in [0.29, 0.717) is 0 Å². The van der Waals surface area contributed by atoms with E-state index in [0.717, 1.165) is 16.5 Å². The molecular formula is C19H24N2O6. The molecule has 0 aliphatic carbocycles. The summed E-state index contributed by atoms with van der Waals surface area (Å²) in [6.45, 7) is 1.84. The number of aromatic nitrogens is 1. The number of carboxylic acid groups (broad SMARTS) is 1. The normalized spacial score (nSPS) is 13.1. The molecule has 1 aromatic heterocycles. The third kappa shape index (κ3) is 5.07. The van der Waals surface area contributed by atoms with E-state index in [1.165, 1.54) is 7.11 Å². The molecule has 1 aromatic carbocycles. The van der Waals surface area contributed by atoms with Crippen molar-refractivity contribution in [1.29, 1.82) is 0 Å². The van der Waals surface area contributed by atoms with Gasteiger partial charge in [-0.05, 0) is 18.6 Å². The summed E-state index contributed by atoms with van der Waals surface area (Å²) >= 11 is 0. The molecule has 0 spiro atoms. The van der Waals surface area contributed by atoms with Crippen molar-refractivity contribution in [3.8, 4) is 0 Å². The Hall–Kier alpha value is -2.87. The zero-order chi connectivity index (χ0) is 20.0.